The molecule has 0 aliphatic heterocycles. The minimum absolute atomic E-state index is 0.0994. The molecule has 4 nitrogen and oxygen atoms in total. The number of esters is 1. The van der Waals surface area contributed by atoms with Crippen LogP contribution in [-0.4, -0.2) is 22.5 Å². The van der Waals surface area contributed by atoms with Crippen molar-refractivity contribution in [3.05, 3.63) is 71.3 Å². The summed E-state index contributed by atoms with van der Waals surface area (Å²) in [5.41, 5.74) is 1.39. The van der Waals surface area contributed by atoms with Gasteiger partial charge < -0.3 is 9.84 Å². The van der Waals surface area contributed by atoms with Crippen LogP contribution in [0.2, 0.25) is 0 Å². The van der Waals surface area contributed by atoms with Gasteiger partial charge in [-0.2, -0.15) is 0 Å². The molecule has 0 saturated heterocycles. The third-order valence-corrected chi connectivity index (χ3v) is 3.14. The normalized spacial score (nSPS) is 11.5. The van der Waals surface area contributed by atoms with Crippen LogP contribution in [0.25, 0.3) is 6.08 Å². The predicted octanol–water partition coefficient (Wildman–Crippen LogP) is 3.71. The van der Waals surface area contributed by atoms with Crippen molar-refractivity contribution in [3.8, 4) is 5.75 Å². The molecule has 2 rings (SSSR count). The molecule has 0 bridgehead atoms. The Morgan fingerprint density at radius 3 is 1.92 bits per heavy atom. The van der Waals surface area contributed by atoms with E-state index in [-0.39, 0.29) is 5.78 Å². The smallest absolute Gasteiger partial charge is 0.331 e. The summed E-state index contributed by atoms with van der Waals surface area (Å²) in [4.78, 5) is 24.0. The summed E-state index contributed by atoms with van der Waals surface area (Å²) in [6.45, 7) is 5.44. The van der Waals surface area contributed by atoms with E-state index in [4.69, 9.17) is 9.84 Å². The van der Waals surface area contributed by atoms with Gasteiger partial charge in [0.1, 0.15) is 5.60 Å². The van der Waals surface area contributed by atoms with Crippen LogP contribution >= 0.6 is 0 Å². The third-order valence-electron chi connectivity index (χ3n) is 3.14. The number of ketones is 1. The first-order chi connectivity index (χ1) is 11.2. The SMILES string of the molecule is CC(C)(C)OC(=O)/C=C/c1ccc(C(=O)c2ccc([OH2+])cc2)cc1. The molecule has 24 heavy (non-hydrogen) atoms. The van der Waals surface area contributed by atoms with E-state index in [9.17, 15) is 9.59 Å². The fourth-order valence-corrected chi connectivity index (χ4v) is 2.03. The van der Waals surface area contributed by atoms with Gasteiger partial charge in [-0.15, -0.1) is 0 Å². The molecule has 0 saturated carbocycles. The van der Waals surface area contributed by atoms with Crippen LogP contribution in [-0.2, 0) is 9.53 Å². The van der Waals surface area contributed by atoms with E-state index in [0.29, 0.717) is 16.9 Å². The molecular formula is C20H21O4+. The zero-order valence-electron chi connectivity index (χ0n) is 14.0. The Kier molecular flexibility index (Phi) is 5.19. The van der Waals surface area contributed by atoms with Gasteiger partial charge in [0.15, 0.2) is 5.78 Å². The number of rotatable bonds is 4. The molecule has 0 fully saturated rings. The highest BCUT2D eigenvalue weighted by Crippen LogP contribution is 2.15. The second kappa shape index (κ2) is 7.13. The van der Waals surface area contributed by atoms with Crippen molar-refractivity contribution in [2.24, 2.45) is 0 Å². The van der Waals surface area contributed by atoms with Gasteiger partial charge in [0.05, 0.1) is 0 Å². The monoisotopic (exact) mass is 325 g/mol. The van der Waals surface area contributed by atoms with E-state index >= 15 is 0 Å². The van der Waals surface area contributed by atoms with E-state index in [2.05, 4.69) is 0 Å². The predicted molar refractivity (Wildman–Crippen MR) is 94.3 cm³/mol. The Morgan fingerprint density at radius 1 is 0.917 bits per heavy atom. The first-order valence-electron chi connectivity index (χ1n) is 7.62. The van der Waals surface area contributed by atoms with E-state index in [1.54, 1.807) is 54.6 Å². The summed E-state index contributed by atoms with van der Waals surface area (Å²) in [7, 11) is 0. The van der Waals surface area contributed by atoms with Crippen molar-refractivity contribution in [1.82, 2.24) is 0 Å². The lowest BCUT2D eigenvalue weighted by Gasteiger charge is -2.17. The van der Waals surface area contributed by atoms with Crippen LogP contribution in [0.1, 0.15) is 42.3 Å². The summed E-state index contributed by atoms with van der Waals surface area (Å²) < 4.78 is 5.19. The van der Waals surface area contributed by atoms with Gasteiger partial charge in [0, 0.05) is 29.3 Å². The lowest BCUT2D eigenvalue weighted by atomic mass is 10.0. The van der Waals surface area contributed by atoms with Crippen LogP contribution in [0.5, 0.6) is 5.75 Å². The maximum absolute atomic E-state index is 12.3. The van der Waals surface area contributed by atoms with Gasteiger partial charge in [-0.1, -0.05) is 24.3 Å². The summed E-state index contributed by atoms with van der Waals surface area (Å²) in [5, 5.41) is 7.44. The second-order valence-corrected chi connectivity index (χ2v) is 6.40. The zero-order valence-corrected chi connectivity index (χ0v) is 14.0. The molecule has 0 radical (unpaired) electrons. The van der Waals surface area contributed by atoms with E-state index in [1.807, 2.05) is 20.8 Å². The Bertz CT molecular complexity index is 748. The van der Waals surface area contributed by atoms with Crippen LogP contribution < -0.4 is 0 Å². The molecule has 2 N–H and O–H groups in total. The Labute approximate surface area is 141 Å². The van der Waals surface area contributed by atoms with Gasteiger partial charge in [0.25, 0.3) is 5.75 Å². The van der Waals surface area contributed by atoms with Crippen molar-refractivity contribution in [1.29, 1.82) is 0 Å². The largest absolute Gasteiger partial charge is 0.593 e. The molecule has 0 spiro atoms. The molecule has 0 amide bonds. The summed E-state index contributed by atoms with van der Waals surface area (Å²) >= 11 is 0. The van der Waals surface area contributed by atoms with Crippen LogP contribution in [0, 0.1) is 0 Å². The molecule has 0 heterocycles. The maximum Gasteiger partial charge on any atom is 0.331 e. The molecule has 0 aliphatic carbocycles. The number of carbonyl (C=O) groups excluding carboxylic acids is 2. The van der Waals surface area contributed by atoms with Gasteiger partial charge in [-0.3, -0.25) is 4.79 Å². The fraction of sp³-hybridized carbons (Fsp3) is 0.200. The Balaban J connectivity index is 2.06. The summed E-state index contributed by atoms with van der Waals surface area (Å²) in [5.74, 6) is -0.134. The molecule has 0 aliphatic rings. The lowest BCUT2D eigenvalue weighted by Crippen LogP contribution is -2.22. The topological polar surface area (TPSA) is 66.3 Å². The minimum atomic E-state index is -0.522. The highest BCUT2D eigenvalue weighted by atomic mass is 16.6. The molecule has 4 heteroatoms. The Hall–Kier alpha value is -2.88. The average Bonchev–Trinajstić information content (AvgIpc) is 2.52. The molecule has 0 atom stereocenters. The minimum Gasteiger partial charge on any atom is -0.593 e. The number of carbonyl (C=O) groups is 2. The fourth-order valence-electron chi connectivity index (χ4n) is 2.03. The first kappa shape index (κ1) is 17.5. The van der Waals surface area contributed by atoms with Gasteiger partial charge in [0.2, 0.25) is 0 Å². The van der Waals surface area contributed by atoms with Gasteiger partial charge in [-0.25, -0.2) is 4.79 Å². The average molecular weight is 325 g/mol. The molecule has 0 aromatic heterocycles. The highest BCUT2D eigenvalue weighted by Gasteiger charge is 2.14. The molecular weight excluding hydrogens is 304 g/mol. The quantitative estimate of drug-likeness (QED) is 0.372. The van der Waals surface area contributed by atoms with Crippen LogP contribution in [0.4, 0.5) is 0 Å². The number of hydrogen-bond donors (Lipinski definition) is 0. The number of ether oxygens (including phenoxy) is 1. The standard InChI is InChI=1S/C20H20O4/c1-20(2,3)24-18(22)13-6-14-4-7-15(8-5-14)19(23)16-9-11-17(21)12-10-16/h4-13,21H,1-3H3/p+1/b13-6+. The van der Waals surface area contributed by atoms with Crippen molar-refractivity contribution in [2.75, 3.05) is 0 Å². The molecule has 124 valence electrons. The summed E-state index contributed by atoms with van der Waals surface area (Å²) in [6, 6.07) is 13.4. The third kappa shape index (κ3) is 5.09. The highest BCUT2D eigenvalue weighted by molar-refractivity contribution is 6.09. The molecule has 2 aromatic carbocycles. The van der Waals surface area contributed by atoms with Crippen molar-refractivity contribution in [2.45, 2.75) is 26.4 Å². The Morgan fingerprint density at radius 2 is 1.42 bits per heavy atom. The van der Waals surface area contributed by atoms with Crippen LogP contribution in [0.15, 0.2) is 54.6 Å². The van der Waals surface area contributed by atoms with E-state index < -0.39 is 11.6 Å². The number of benzene rings is 2. The van der Waals surface area contributed by atoms with E-state index in [1.165, 1.54) is 6.08 Å². The molecule has 2 aromatic rings. The zero-order chi connectivity index (χ0) is 17.7. The van der Waals surface area contributed by atoms with Gasteiger partial charge >= 0.3 is 5.97 Å². The maximum atomic E-state index is 12.3. The lowest BCUT2D eigenvalue weighted by molar-refractivity contribution is -0.148. The molecule has 0 unspecified atom stereocenters. The van der Waals surface area contributed by atoms with Gasteiger partial charge in [-0.05, 0) is 44.5 Å². The van der Waals surface area contributed by atoms with Crippen LogP contribution in [0.3, 0.4) is 0 Å². The summed E-state index contributed by atoms with van der Waals surface area (Å²) in [6.07, 6.45) is 3.02. The van der Waals surface area contributed by atoms with Crippen molar-refractivity contribution < 1.29 is 19.4 Å². The van der Waals surface area contributed by atoms with E-state index in [0.717, 1.165) is 5.56 Å². The number of hydrogen-bond acceptors (Lipinski definition) is 3. The van der Waals surface area contributed by atoms with Crippen molar-refractivity contribution in [3.63, 3.8) is 0 Å². The van der Waals surface area contributed by atoms with Crippen molar-refractivity contribution >= 4 is 17.8 Å². The second-order valence-electron chi connectivity index (χ2n) is 6.40. The first-order valence-corrected chi connectivity index (χ1v) is 7.62.